The molecule has 0 heterocycles. The lowest BCUT2D eigenvalue weighted by Gasteiger charge is -2.11. The fraction of sp³-hybridized carbons (Fsp3) is 0.750. The molecule has 4 N–H and O–H groups in total. The van der Waals surface area contributed by atoms with E-state index in [9.17, 15) is 0 Å². The van der Waals surface area contributed by atoms with E-state index in [2.05, 4.69) is 0 Å². The average Bonchev–Trinajstić information content (AvgIpc) is 1.59. The third-order valence-electron chi connectivity index (χ3n) is 1.06. The Balaban J connectivity index is 3.57. The van der Waals surface area contributed by atoms with Crippen molar-refractivity contribution < 1.29 is 0 Å². The highest BCUT2D eigenvalue weighted by Gasteiger charge is 2.02. The molecule has 0 saturated heterocycles. The maximum atomic E-state index is 5.69. The molecular weight excluding hydrogens is 124 g/mol. The smallest absolute Gasteiger partial charge is 0.0281 e. The van der Waals surface area contributed by atoms with E-state index in [4.69, 9.17) is 11.5 Å². The fourth-order valence-electron chi connectivity index (χ4n) is 0.586. The van der Waals surface area contributed by atoms with E-state index in [0.717, 1.165) is 6.42 Å². The van der Waals surface area contributed by atoms with Gasteiger partial charge in [0.25, 0.3) is 0 Å². The van der Waals surface area contributed by atoms with Gasteiger partial charge in [0.1, 0.15) is 0 Å². The Hall–Kier alpha value is -0.340. The van der Waals surface area contributed by atoms with E-state index in [1.807, 2.05) is 32.9 Å². The topological polar surface area (TPSA) is 52.0 Å². The van der Waals surface area contributed by atoms with Crippen LogP contribution in [0.2, 0.25) is 0 Å². The van der Waals surface area contributed by atoms with Gasteiger partial charge in [-0.3, -0.25) is 0 Å². The van der Waals surface area contributed by atoms with Crippen LogP contribution in [-0.4, -0.2) is 11.6 Å². The molecule has 0 saturated carbocycles. The highest BCUT2D eigenvalue weighted by molar-refractivity contribution is 4.99. The Morgan fingerprint density at radius 3 is 2.30 bits per heavy atom. The quantitative estimate of drug-likeness (QED) is 0.578. The van der Waals surface area contributed by atoms with Crippen LogP contribution in [0.4, 0.5) is 0 Å². The summed E-state index contributed by atoms with van der Waals surface area (Å²) in [6.45, 7) is 5.91. The number of hydrogen-bond acceptors (Lipinski definition) is 2. The van der Waals surface area contributed by atoms with Gasteiger partial charge in [0, 0.05) is 11.6 Å². The second kappa shape index (κ2) is 3.74. The SMILES string of the molecule is CC(N)C/C=C\C(C)(C)N. The first-order valence-corrected chi connectivity index (χ1v) is 3.64. The lowest BCUT2D eigenvalue weighted by molar-refractivity contribution is 0.646. The van der Waals surface area contributed by atoms with Gasteiger partial charge in [0.15, 0.2) is 0 Å². The van der Waals surface area contributed by atoms with Crippen LogP contribution in [0.25, 0.3) is 0 Å². The maximum absolute atomic E-state index is 5.69. The Morgan fingerprint density at radius 1 is 1.50 bits per heavy atom. The first kappa shape index (κ1) is 9.66. The predicted molar refractivity (Wildman–Crippen MR) is 45.7 cm³/mol. The van der Waals surface area contributed by atoms with Crippen molar-refractivity contribution in [3.05, 3.63) is 12.2 Å². The molecule has 0 aliphatic carbocycles. The second-order valence-electron chi connectivity index (χ2n) is 3.44. The van der Waals surface area contributed by atoms with Gasteiger partial charge >= 0.3 is 0 Å². The highest BCUT2D eigenvalue weighted by Crippen LogP contribution is 1.99. The summed E-state index contributed by atoms with van der Waals surface area (Å²) in [5.41, 5.74) is 11.0. The Bertz CT molecular complexity index is 109. The van der Waals surface area contributed by atoms with E-state index in [0.29, 0.717) is 0 Å². The van der Waals surface area contributed by atoms with Gasteiger partial charge in [-0.2, -0.15) is 0 Å². The van der Waals surface area contributed by atoms with Crippen LogP contribution in [0.5, 0.6) is 0 Å². The largest absolute Gasteiger partial charge is 0.328 e. The normalized spacial score (nSPS) is 16.1. The third-order valence-corrected chi connectivity index (χ3v) is 1.06. The molecule has 2 heteroatoms. The van der Waals surface area contributed by atoms with Crippen LogP contribution in [0, 0.1) is 0 Å². The van der Waals surface area contributed by atoms with Gasteiger partial charge in [-0.15, -0.1) is 0 Å². The van der Waals surface area contributed by atoms with Crippen LogP contribution in [0.3, 0.4) is 0 Å². The molecule has 0 bridgehead atoms. The molecule has 2 nitrogen and oxygen atoms in total. The Labute approximate surface area is 63.3 Å². The standard InChI is InChI=1S/C8H18N2/c1-7(9)5-4-6-8(2,3)10/h4,6-7H,5,9-10H2,1-3H3/b6-4-. The zero-order valence-electron chi connectivity index (χ0n) is 7.09. The van der Waals surface area contributed by atoms with Crippen molar-refractivity contribution >= 4 is 0 Å². The number of hydrogen-bond donors (Lipinski definition) is 2. The molecule has 0 spiro atoms. The summed E-state index contributed by atoms with van der Waals surface area (Å²) in [6, 6.07) is 0.235. The van der Waals surface area contributed by atoms with Crippen LogP contribution in [-0.2, 0) is 0 Å². The lowest BCUT2D eigenvalue weighted by atomic mass is 10.1. The van der Waals surface area contributed by atoms with Crippen molar-refractivity contribution in [2.75, 3.05) is 0 Å². The fourth-order valence-corrected chi connectivity index (χ4v) is 0.586. The van der Waals surface area contributed by atoms with Crippen molar-refractivity contribution in [3.63, 3.8) is 0 Å². The van der Waals surface area contributed by atoms with Crippen molar-refractivity contribution in [1.82, 2.24) is 0 Å². The Morgan fingerprint density at radius 2 is 2.00 bits per heavy atom. The summed E-state index contributed by atoms with van der Waals surface area (Å²) in [5.74, 6) is 0. The van der Waals surface area contributed by atoms with E-state index < -0.39 is 0 Å². The number of nitrogens with two attached hydrogens (primary N) is 2. The van der Waals surface area contributed by atoms with Gasteiger partial charge in [0.05, 0.1) is 0 Å². The van der Waals surface area contributed by atoms with Gasteiger partial charge in [-0.05, 0) is 27.2 Å². The zero-order valence-corrected chi connectivity index (χ0v) is 7.09. The van der Waals surface area contributed by atoms with Gasteiger partial charge in [-0.25, -0.2) is 0 Å². The minimum absolute atomic E-state index is 0.200. The van der Waals surface area contributed by atoms with E-state index in [1.54, 1.807) is 0 Å². The average molecular weight is 142 g/mol. The van der Waals surface area contributed by atoms with Crippen molar-refractivity contribution in [2.24, 2.45) is 11.5 Å². The van der Waals surface area contributed by atoms with Gasteiger partial charge in [-0.1, -0.05) is 12.2 Å². The minimum Gasteiger partial charge on any atom is -0.328 e. The molecule has 0 amide bonds. The van der Waals surface area contributed by atoms with Gasteiger partial charge in [0.2, 0.25) is 0 Å². The molecule has 0 aromatic carbocycles. The van der Waals surface area contributed by atoms with Gasteiger partial charge < -0.3 is 11.5 Å². The monoisotopic (exact) mass is 142 g/mol. The molecule has 60 valence electrons. The summed E-state index contributed by atoms with van der Waals surface area (Å²) in [4.78, 5) is 0. The third kappa shape index (κ3) is 7.66. The maximum Gasteiger partial charge on any atom is 0.0281 e. The zero-order chi connectivity index (χ0) is 8.20. The van der Waals surface area contributed by atoms with Crippen LogP contribution in [0.15, 0.2) is 12.2 Å². The van der Waals surface area contributed by atoms with E-state index in [-0.39, 0.29) is 11.6 Å². The number of rotatable bonds is 3. The van der Waals surface area contributed by atoms with E-state index >= 15 is 0 Å². The molecular formula is C8H18N2. The molecule has 1 atom stereocenters. The summed E-state index contributed by atoms with van der Waals surface area (Å²) >= 11 is 0. The molecule has 10 heavy (non-hydrogen) atoms. The first-order valence-electron chi connectivity index (χ1n) is 3.64. The molecule has 0 fully saturated rings. The van der Waals surface area contributed by atoms with Crippen molar-refractivity contribution in [1.29, 1.82) is 0 Å². The van der Waals surface area contributed by atoms with Crippen LogP contribution < -0.4 is 11.5 Å². The summed E-state index contributed by atoms with van der Waals surface area (Å²) in [6.07, 6.45) is 4.92. The van der Waals surface area contributed by atoms with Crippen molar-refractivity contribution in [2.45, 2.75) is 38.8 Å². The molecule has 0 aromatic rings. The highest BCUT2D eigenvalue weighted by atomic mass is 14.7. The second-order valence-corrected chi connectivity index (χ2v) is 3.44. The van der Waals surface area contributed by atoms with Crippen molar-refractivity contribution in [3.8, 4) is 0 Å². The minimum atomic E-state index is -0.200. The molecule has 1 unspecified atom stereocenters. The first-order chi connectivity index (χ1) is 4.42. The van der Waals surface area contributed by atoms with Crippen LogP contribution in [0.1, 0.15) is 27.2 Å². The molecule has 0 aliphatic heterocycles. The predicted octanol–water partition coefficient (Wildman–Crippen LogP) is 1.02. The molecule has 0 rings (SSSR count). The van der Waals surface area contributed by atoms with Crippen LogP contribution >= 0.6 is 0 Å². The molecule has 0 radical (unpaired) electrons. The molecule has 0 aliphatic rings. The lowest BCUT2D eigenvalue weighted by Crippen LogP contribution is -2.28. The Kier molecular flexibility index (Phi) is 3.61. The van der Waals surface area contributed by atoms with E-state index in [1.165, 1.54) is 0 Å². The molecule has 0 aromatic heterocycles. The summed E-state index contributed by atoms with van der Waals surface area (Å²) in [7, 11) is 0. The summed E-state index contributed by atoms with van der Waals surface area (Å²) in [5, 5.41) is 0. The summed E-state index contributed by atoms with van der Waals surface area (Å²) < 4.78 is 0.